The molecule has 1 rings (SSSR count). The number of hydrogen-bond donors (Lipinski definition) is 2. The molecule has 0 fully saturated rings. The van der Waals surface area contributed by atoms with Gasteiger partial charge in [-0.3, -0.25) is 0 Å². The van der Waals surface area contributed by atoms with Crippen molar-refractivity contribution in [2.45, 2.75) is 6.04 Å². The fourth-order valence-electron chi connectivity index (χ4n) is 1.05. The van der Waals surface area contributed by atoms with E-state index in [1.54, 1.807) is 25.0 Å². The molecule has 12 heavy (non-hydrogen) atoms. The minimum Gasteiger partial charge on any atom is -0.481 e. The summed E-state index contributed by atoms with van der Waals surface area (Å²) in [5.74, 6) is 0.594. The number of nitrogens with zero attached hydrogens (tertiary/aromatic N) is 2. The maximum absolute atomic E-state index is 8.80. The van der Waals surface area contributed by atoms with Gasteiger partial charge in [-0.25, -0.2) is 4.68 Å². The monoisotopic (exact) mass is 171 g/mol. The lowest BCUT2D eigenvalue weighted by Gasteiger charge is -2.08. The Balaban J connectivity index is 2.98. The van der Waals surface area contributed by atoms with E-state index in [0.29, 0.717) is 5.88 Å². The Kier molecular flexibility index (Phi) is 2.67. The average molecular weight is 171 g/mol. The molecule has 5 nitrogen and oxygen atoms in total. The maximum atomic E-state index is 8.80. The van der Waals surface area contributed by atoms with Crippen LogP contribution in [0.25, 0.3) is 0 Å². The Labute approximate surface area is 70.7 Å². The van der Waals surface area contributed by atoms with E-state index in [1.165, 1.54) is 0 Å². The van der Waals surface area contributed by atoms with Crippen LogP contribution in [-0.2, 0) is 7.05 Å². The molecule has 0 amide bonds. The molecule has 68 valence electrons. The van der Waals surface area contributed by atoms with Crippen molar-refractivity contribution in [3.8, 4) is 5.88 Å². The van der Waals surface area contributed by atoms with Crippen LogP contribution in [0.5, 0.6) is 5.88 Å². The molecule has 0 aromatic carbocycles. The van der Waals surface area contributed by atoms with E-state index in [1.807, 2.05) is 0 Å². The second kappa shape index (κ2) is 3.55. The van der Waals surface area contributed by atoms with Crippen LogP contribution in [0.15, 0.2) is 6.20 Å². The van der Waals surface area contributed by atoms with Crippen molar-refractivity contribution < 1.29 is 9.84 Å². The molecule has 0 spiro atoms. The zero-order chi connectivity index (χ0) is 9.14. The van der Waals surface area contributed by atoms with Gasteiger partial charge in [-0.1, -0.05) is 0 Å². The van der Waals surface area contributed by atoms with Gasteiger partial charge in [-0.05, 0) is 0 Å². The van der Waals surface area contributed by atoms with Crippen molar-refractivity contribution in [1.29, 1.82) is 0 Å². The minimum atomic E-state index is -0.423. The van der Waals surface area contributed by atoms with Gasteiger partial charge in [0, 0.05) is 7.05 Å². The lowest BCUT2D eigenvalue weighted by Crippen LogP contribution is -2.14. The number of rotatable bonds is 3. The quantitative estimate of drug-likeness (QED) is 0.638. The van der Waals surface area contributed by atoms with E-state index in [9.17, 15) is 0 Å². The van der Waals surface area contributed by atoms with E-state index in [4.69, 9.17) is 15.6 Å². The number of aryl methyl sites for hydroxylation is 1. The lowest BCUT2D eigenvalue weighted by atomic mass is 10.2. The summed E-state index contributed by atoms with van der Waals surface area (Å²) in [6.45, 7) is -0.109. The van der Waals surface area contributed by atoms with Gasteiger partial charge in [0.05, 0.1) is 31.5 Å². The number of aliphatic hydroxyl groups excluding tert-OH is 1. The number of hydrogen-bond acceptors (Lipinski definition) is 4. The zero-order valence-electron chi connectivity index (χ0n) is 7.19. The second-order valence-electron chi connectivity index (χ2n) is 2.52. The third kappa shape index (κ3) is 1.41. The van der Waals surface area contributed by atoms with Crippen LogP contribution in [0.2, 0.25) is 0 Å². The Morgan fingerprint density at radius 2 is 2.50 bits per heavy atom. The lowest BCUT2D eigenvalue weighted by molar-refractivity contribution is 0.263. The van der Waals surface area contributed by atoms with Crippen molar-refractivity contribution in [1.82, 2.24) is 9.78 Å². The van der Waals surface area contributed by atoms with Gasteiger partial charge in [0.25, 0.3) is 0 Å². The SMILES string of the molecule is COc1c(C(N)CO)cnn1C. The molecule has 0 aliphatic carbocycles. The summed E-state index contributed by atoms with van der Waals surface area (Å²) in [4.78, 5) is 0. The van der Waals surface area contributed by atoms with E-state index in [0.717, 1.165) is 5.56 Å². The predicted octanol–water partition coefficient (Wildman–Crippen LogP) is -0.579. The Hall–Kier alpha value is -1.07. The van der Waals surface area contributed by atoms with Crippen LogP contribution in [-0.4, -0.2) is 28.6 Å². The van der Waals surface area contributed by atoms with Gasteiger partial charge < -0.3 is 15.6 Å². The first-order valence-electron chi connectivity index (χ1n) is 3.63. The maximum Gasteiger partial charge on any atom is 0.216 e. The van der Waals surface area contributed by atoms with Crippen molar-refractivity contribution >= 4 is 0 Å². The highest BCUT2D eigenvalue weighted by Gasteiger charge is 2.14. The highest BCUT2D eigenvalue weighted by atomic mass is 16.5. The van der Waals surface area contributed by atoms with E-state index in [2.05, 4.69) is 5.10 Å². The topological polar surface area (TPSA) is 73.3 Å². The molecule has 0 bridgehead atoms. The summed E-state index contributed by atoms with van der Waals surface area (Å²) in [6, 6.07) is -0.423. The summed E-state index contributed by atoms with van der Waals surface area (Å²) in [6.07, 6.45) is 1.60. The fourth-order valence-corrected chi connectivity index (χ4v) is 1.05. The van der Waals surface area contributed by atoms with E-state index < -0.39 is 6.04 Å². The fraction of sp³-hybridized carbons (Fsp3) is 0.571. The molecule has 1 heterocycles. The number of methoxy groups -OCH3 is 1. The van der Waals surface area contributed by atoms with Gasteiger partial charge in [-0.15, -0.1) is 0 Å². The standard InChI is InChI=1S/C7H13N3O2/c1-10-7(12-2)5(3-9-10)6(8)4-11/h3,6,11H,4,8H2,1-2H3. The first kappa shape index (κ1) is 9.02. The summed E-state index contributed by atoms with van der Waals surface area (Å²) in [7, 11) is 3.30. The smallest absolute Gasteiger partial charge is 0.216 e. The van der Waals surface area contributed by atoms with E-state index in [-0.39, 0.29) is 6.61 Å². The number of nitrogens with two attached hydrogens (primary N) is 1. The van der Waals surface area contributed by atoms with Crippen LogP contribution in [0.3, 0.4) is 0 Å². The van der Waals surface area contributed by atoms with Crippen molar-refractivity contribution in [3.05, 3.63) is 11.8 Å². The molecule has 0 saturated carbocycles. The summed E-state index contributed by atoms with van der Waals surface area (Å²) >= 11 is 0. The van der Waals surface area contributed by atoms with Crippen LogP contribution in [0.4, 0.5) is 0 Å². The van der Waals surface area contributed by atoms with Crippen molar-refractivity contribution in [2.24, 2.45) is 12.8 Å². The molecular weight excluding hydrogens is 158 g/mol. The molecule has 0 aliphatic rings. The van der Waals surface area contributed by atoms with Gasteiger partial charge in [0.1, 0.15) is 0 Å². The minimum absolute atomic E-state index is 0.109. The molecular formula is C7H13N3O2. The average Bonchev–Trinajstić information content (AvgIpc) is 2.45. The largest absolute Gasteiger partial charge is 0.481 e. The molecule has 0 saturated heterocycles. The first-order valence-corrected chi connectivity index (χ1v) is 3.63. The normalized spacial score (nSPS) is 13.0. The zero-order valence-corrected chi connectivity index (χ0v) is 7.19. The third-order valence-corrected chi connectivity index (χ3v) is 1.70. The molecule has 0 radical (unpaired) electrons. The number of aliphatic hydroxyl groups is 1. The van der Waals surface area contributed by atoms with Gasteiger partial charge >= 0.3 is 0 Å². The molecule has 0 aliphatic heterocycles. The van der Waals surface area contributed by atoms with Crippen LogP contribution < -0.4 is 10.5 Å². The van der Waals surface area contributed by atoms with Gasteiger partial charge in [0.15, 0.2) is 0 Å². The molecule has 1 unspecified atom stereocenters. The number of ether oxygens (including phenoxy) is 1. The van der Waals surface area contributed by atoms with Gasteiger partial charge in [0.2, 0.25) is 5.88 Å². The summed E-state index contributed by atoms with van der Waals surface area (Å²) < 4.78 is 6.62. The summed E-state index contributed by atoms with van der Waals surface area (Å²) in [5.41, 5.74) is 6.33. The van der Waals surface area contributed by atoms with Gasteiger partial charge in [-0.2, -0.15) is 5.10 Å². The number of aromatic nitrogens is 2. The molecule has 5 heteroatoms. The molecule has 1 atom stereocenters. The van der Waals surface area contributed by atoms with Crippen LogP contribution in [0, 0.1) is 0 Å². The molecule has 1 aromatic rings. The van der Waals surface area contributed by atoms with Crippen LogP contribution in [0.1, 0.15) is 11.6 Å². The highest BCUT2D eigenvalue weighted by Crippen LogP contribution is 2.21. The summed E-state index contributed by atoms with van der Waals surface area (Å²) in [5, 5.41) is 12.8. The Bertz CT molecular complexity index is 259. The third-order valence-electron chi connectivity index (χ3n) is 1.70. The van der Waals surface area contributed by atoms with E-state index >= 15 is 0 Å². The van der Waals surface area contributed by atoms with Crippen LogP contribution >= 0.6 is 0 Å². The second-order valence-corrected chi connectivity index (χ2v) is 2.52. The Morgan fingerprint density at radius 3 is 3.00 bits per heavy atom. The molecule has 3 N–H and O–H groups in total. The first-order chi connectivity index (χ1) is 5.70. The highest BCUT2D eigenvalue weighted by molar-refractivity contribution is 5.27. The van der Waals surface area contributed by atoms with Crippen molar-refractivity contribution in [3.63, 3.8) is 0 Å². The molecule has 1 aromatic heterocycles. The predicted molar refractivity (Wildman–Crippen MR) is 43.8 cm³/mol. The Morgan fingerprint density at radius 1 is 1.83 bits per heavy atom. The van der Waals surface area contributed by atoms with Crippen molar-refractivity contribution in [2.75, 3.05) is 13.7 Å².